The van der Waals surface area contributed by atoms with Crippen LogP contribution >= 0.6 is 0 Å². The summed E-state index contributed by atoms with van der Waals surface area (Å²) < 4.78 is 5.07. The maximum Gasteiger partial charge on any atom is 0.264 e. The summed E-state index contributed by atoms with van der Waals surface area (Å²) in [5.41, 5.74) is 4.18. The molecular weight excluding hydrogens is 425 g/mol. The van der Waals surface area contributed by atoms with E-state index in [1.165, 1.54) is 22.5 Å². The van der Waals surface area contributed by atoms with Gasteiger partial charge in [0.1, 0.15) is 5.69 Å². The van der Waals surface area contributed by atoms with Gasteiger partial charge in [-0.2, -0.15) is 4.57 Å². The fraction of sp³-hybridized carbons (Fsp3) is 0.500. The van der Waals surface area contributed by atoms with Crippen LogP contribution in [0.4, 0.5) is 0 Å². The van der Waals surface area contributed by atoms with Gasteiger partial charge in [-0.1, -0.05) is 102 Å². The quantitative estimate of drug-likeness (QED) is 0.359. The van der Waals surface area contributed by atoms with Gasteiger partial charge in [0.15, 0.2) is 11.0 Å². The highest BCUT2D eigenvalue weighted by atomic mass is 28.3. The van der Waals surface area contributed by atoms with E-state index in [4.69, 9.17) is 0 Å². The molecule has 0 aliphatic rings. The summed E-state index contributed by atoms with van der Waals surface area (Å²) in [4.78, 5) is 0. The van der Waals surface area contributed by atoms with E-state index in [2.05, 4.69) is 125 Å². The fourth-order valence-corrected chi connectivity index (χ4v) is 9.33. The number of aromatic nitrogens is 2. The van der Waals surface area contributed by atoms with E-state index in [9.17, 15) is 0 Å². The second-order valence-electron chi connectivity index (χ2n) is 12.6. The largest absolute Gasteiger partial charge is 0.264 e. The van der Waals surface area contributed by atoms with Crippen molar-refractivity contribution in [3.8, 4) is 5.69 Å². The average Bonchev–Trinajstić information content (AvgIpc) is 2.91. The van der Waals surface area contributed by atoms with Crippen LogP contribution in [0, 0.1) is 0 Å². The molecule has 0 N–H and O–H groups in total. The van der Waals surface area contributed by atoms with Crippen molar-refractivity contribution in [2.75, 3.05) is 0 Å². The third-order valence-corrected chi connectivity index (χ3v) is 12.4. The Labute approximate surface area is 193 Å². The molecule has 168 valence electrons. The van der Waals surface area contributed by atoms with Gasteiger partial charge in [0, 0.05) is 0 Å². The molecule has 0 bridgehead atoms. The van der Waals surface area contributed by atoms with Crippen molar-refractivity contribution in [1.29, 1.82) is 0 Å². The molecule has 0 spiro atoms. The highest BCUT2D eigenvalue weighted by Crippen LogP contribution is 2.26. The van der Waals surface area contributed by atoms with Crippen LogP contribution in [0.1, 0.15) is 25.6 Å². The zero-order valence-electron chi connectivity index (χ0n) is 21.9. The maximum absolute atomic E-state index is 2.65. The first-order chi connectivity index (χ1) is 14.0. The minimum atomic E-state index is -1.60. The van der Waals surface area contributed by atoms with Crippen molar-refractivity contribution < 1.29 is 4.57 Å². The van der Waals surface area contributed by atoms with E-state index in [0.717, 1.165) is 0 Å². The lowest BCUT2D eigenvalue weighted by atomic mass is 10.2. The number of fused-ring (bicyclic) bond motifs is 1. The number of imidazole rings is 1. The van der Waals surface area contributed by atoms with Gasteiger partial charge in [-0.15, -0.1) is 0 Å². The Morgan fingerprint density at radius 2 is 1.23 bits per heavy atom. The Morgan fingerprint density at radius 3 is 1.65 bits per heavy atom. The van der Waals surface area contributed by atoms with Crippen molar-refractivity contribution in [1.82, 2.24) is 4.57 Å². The summed E-state index contributed by atoms with van der Waals surface area (Å²) in [6, 6.07) is 14.2. The third-order valence-electron chi connectivity index (χ3n) is 6.39. The molecule has 1 heterocycles. The van der Waals surface area contributed by atoms with E-state index in [1.807, 2.05) is 0 Å². The number of aryl methyl sites for hydroxylation is 1. The van der Waals surface area contributed by atoms with Crippen LogP contribution in [0.3, 0.4) is 0 Å². The molecule has 0 unspecified atom stereocenters. The first-order valence-corrected chi connectivity index (χ1v) is 22.2. The molecule has 3 rings (SSSR count). The van der Waals surface area contributed by atoms with Crippen molar-refractivity contribution in [2.45, 2.75) is 78.7 Å². The molecule has 31 heavy (non-hydrogen) atoms. The predicted octanol–water partition coefficient (Wildman–Crippen LogP) is 5.21. The molecule has 5 heteroatoms. The number of rotatable bonds is 5. The predicted molar refractivity (Wildman–Crippen MR) is 147 cm³/mol. The van der Waals surface area contributed by atoms with Gasteiger partial charge >= 0.3 is 0 Å². The zero-order chi connectivity index (χ0) is 23.5. The molecule has 0 atom stereocenters. The minimum Gasteiger partial charge on any atom is -0.229 e. The van der Waals surface area contributed by atoms with Crippen molar-refractivity contribution in [2.24, 2.45) is 7.05 Å². The topological polar surface area (TPSA) is 8.81 Å². The number of para-hydroxylation sites is 2. The lowest BCUT2D eigenvalue weighted by Crippen LogP contribution is -2.54. The van der Waals surface area contributed by atoms with Crippen LogP contribution in [0.2, 0.25) is 58.9 Å². The van der Waals surface area contributed by atoms with Crippen LogP contribution < -0.4 is 20.1 Å². The van der Waals surface area contributed by atoms with Gasteiger partial charge in [0.05, 0.1) is 37.2 Å². The molecule has 0 aliphatic heterocycles. The van der Waals surface area contributed by atoms with Gasteiger partial charge < -0.3 is 0 Å². The molecule has 3 aromatic rings. The molecule has 0 amide bonds. The van der Waals surface area contributed by atoms with E-state index >= 15 is 0 Å². The lowest BCUT2D eigenvalue weighted by molar-refractivity contribution is -0.654. The normalized spacial score (nSPS) is 13.5. The van der Waals surface area contributed by atoms with Crippen LogP contribution in [0.5, 0.6) is 0 Å². The van der Waals surface area contributed by atoms with Gasteiger partial charge in [0.2, 0.25) is 0 Å². The Bertz CT molecular complexity index is 1090. The molecule has 2 nitrogen and oxygen atoms in total. The summed E-state index contributed by atoms with van der Waals surface area (Å²) in [7, 11) is -2.39. The minimum absolute atomic E-state index is 0.443. The molecule has 0 saturated heterocycles. The van der Waals surface area contributed by atoms with Crippen molar-refractivity contribution >= 4 is 50.8 Å². The highest BCUT2D eigenvalue weighted by molar-refractivity contribution is 6.95. The van der Waals surface area contributed by atoms with Crippen LogP contribution in [0.15, 0.2) is 36.4 Å². The monoisotopic (exact) mass is 467 g/mol. The van der Waals surface area contributed by atoms with Crippen LogP contribution in [0.25, 0.3) is 16.7 Å². The standard InChI is InChI=1S/C26H43N2Si3/c1-19(2)26-27(3)21-15-13-14-16-22(21)28(26)25-23(30(7,8)9)17-20(29(4,5)6)18-24(25)31(10,11)12/h13-19H,1-12H3/q+1. The highest BCUT2D eigenvalue weighted by Gasteiger charge is 2.37. The van der Waals surface area contributed by atoms with E-state index < -0.39 is 24.2 Å². The molecule has 0 saturated carbocycles. The Morgan fingerprint density at radius 1 is 0.742 bits per heavy atom. The molecule has 0 radical (unpaired) electrons. The summed E-state index contributed by atoms with van der Waals surface area (Å²) in [5, 5.41) is 4.89. The zero-order valence-corrected chi connectivity index (χ0v) is 24.9. The molecule has 0 fully saturated rings. The number of nitrogens with zero attached hydrogens (tertiary/aromatic N) is 2. The summed E-state index contributed by atoms with van der Waals surface area (Å²) in [6.07, 6.45) is 0. The molecular formula is C26H43N2Si3+. The van der Waals surface area contributed by atoms with Crippen LogP contribution in [-0.4, -0.2) is 28.8 Å². The summed E-state index contributed by atoms with van der Waals surface area (Å²) in [6.45, 7) is 27.3. The number of benzene rings is 2. The summed E-state index contributed by atoms with van der Waals surface area (Å²) in [5.74, 6) is 1.85. The average molecular weight is 468 g/mol. The second-order valence-corrected chi connectivity index (χ2v) is 27.7. The fourth-order valence-electron chi connectivity index (χ4n) is 4.67. The number of hydrogen-bond donors (Lipinski definition) is 0. The Kier molecular flexibility index (Phi) is 6.13. The summed E-state index contributed by atoms with van der Waals surface area (Å²) >= 11 is 0. The number of hydrogen-bond acceptors (Lipinski definition) is 0. The van der Waals surface area contributed by atoms with Crippen molar-refractivity contribution in [3.63, 3.8) is 0 Å². The van der Waals surface area contributed by atoms with Crippen molar-refractivity contribution in [3.05, 3.63) is 42.2 Å². The second kappa shape index (κ2) is 7.85. The molecule has 1 aromatic heterocycles. The van der Waals surface area contributed by atoms with Gasteiger partial charge in [-0.25, -0.2) is 4.57 Å². The Balaban J connectivity index is 2.63. The Hall–Kier alpha value is -1.44. The lowest BCUT2D eigenvalue weighted by Gasteiger charge is -2.30. The SMILES string of the molecule is CC(C)c1n(-c2c([Si](C)(C)C)cc([Si](C)(C)C)cc2[Si](C)(C)C)c2ccccc2[n+]1C. The molecule has 2 aromatic carbocycles. The first kappa shape index (κ1) is 24.2. The van der Waals surface area contributed by atoms with E-state index in [1.54, 1.807) is 15.6 Å². The smallest absolute Gasteiger partial charge is 0.229 e. The first-order valence-electron chi connectivity index (χ1n) is 11.7. The van der Waals surface area contributed by atoms with Gasteiger partial charge in [0.25, 0.3) is 5.82 Å². The van der Waals surface area contributed by atoms with E-state index in [0.29, 0.717) is 5.92 Å². The molecule has 0 aliphatic carbocycles. The van der Waals surface area contributed by atoms with Gasteiger partial charge in [-0.05, 0) is 22.5 Å². The third kappa shape index (κ3) is 4.41. The van der Waals surface area contributed by atoms with Gasteiger partial charge in [-0.3, -0.25) is 0 Å². The maximum atomic E-state index is 2.65. The van der Waals surface area contributed by atoms with Crippen LogP contribution in [-0.2, 0) is 7.05 Å². The van der Waals surface area contributed by atoms with E-state index in [-0.39, 0.29) is 0 Å².